The predicted octanol–water partition coefficient (Wildman–Crippen LogP) is 3.03. The third-order valence-corrected chi connectivity index (χ3v) is 4.30. The van der Waals surface area contributed by atoms with Crippen LogP contribution in [0.25, 0.3) is 0 Å². The van der Waals surface area contributed by atoms with E-state index < -0.39 is 0 Å². The van der Waals surface area contributed by atoms with Gasteiger partial charge >= 0.3 is 0 Å². The first-order valence-electron chi connectivity index (χ1n) is 7.23. The Labute approximate surface area is 116 Å². The first kappa shape index (κ1) is 14.2. The van der Waals surface area contributed by atoms with E-state index in [0.29, 0.717) is 0 Å². The van der Waals surface area contributed by atoms with Crippen molar-refractivity contribution < 1.29 is 4.74 Å². The SMILES string of the molecule is COc1cc(C)c(NCC2CCNCC2)c(C)c1C. The largest absolute Gasteiger partial charge is 0.496 e. The van der Waals surface area contributed by atoms with Crippen molar-refractivity contribution in [3.63, 3.8) is 0 Å². The zero-order valence-corrected chi connectivity index (χ0v) is 12.6. The molecule has 0 saturated carbocycles. The highest BCUT2D eigenvalue weighted by atomic mass is 16.5. The van der Waals surface area contributed by atoms with Crippen LogP contribution in [0.1, 0.15) is 29.5 Å². The summed E-state index contributed by atoms with van der Waals surface area (Å²) >= 11 is 0. The van der Waals surface area contributed by atoms with Crippen molar-refractivity contribution in [3.05, 3.63) is 22.8 Å². The molecule has 3 heteroatoms. The van der Waals surface area contributed by atoms with Gasteiger partial charge in [-0.2, -0.15) is 0 Å². The third-order valence-electron chi connectivity index (χ3n) is 4.30. The molecule has 0 unspecified atom stereocenters. The minimum Gasteiger partial charge on any atom is -0.496 e. The molecule has 1 fully saturated rings. The van der Waals surface area contributed by atoms with E-state index in [4.69, 9.17) is 4.74 Å². The van der Waals surface area contributed by atoms with Gasteiger partial charge in [0, 0.05) is 12.2 Å². The number of nitrogens with one attached hydrogen (secondary N) is 2. The Kier molecular flexibility index (Phi) is 4.70. The second-order valence-electron chi connectivity index (χ2n) is 5.60. The van der Waals surface area contributed by atoms with Crippen LogP contribution in [0.3, 0.4) is 0 Å². The molecule has 0 radical (unpaired) electrons. The maximum Gasteiger partial charge on any atom is 0.122 e. The smallest absolute Gasteiger partial charge is 0.122 e. The minimum absolute atomic E-state index is 0.794. The molecule has 19 heavy (non-hydrogen) atoms. The lowest BCUT2D eigenvalue weighted by molar-refractivity contribution is 0.389. The van der Waals surface area contributed by atoms with Crippen molar-refractivity contribution in [1.82, 2.24) is 5.32 Å². The number of hydrogen-bond donors (Lipinski definition) is 2. The van der Waals surface area contributed by atoms with E-state index in [1.165, 1.54) is 35.2 Å². The summed E-state index contributed by atoms with van der Waals surface area (Å²) in [6, 6.07) is 2.13. The Balaban J connectivity index is 2.09. The van der Waals surface area contributed by atoms with Crippen molar-refractivity contribution >= 4 is 5.69 Å². The zero-order chi connectivity index (χ0) is 13.8. The molecular formula is C16H26N2O. The Morgan fingerprint density at radius 3 is 2.53 bits per heavy atom. The zero-order valence-electron chi connectivity index (χ0n) is 12.6. The molecule has 1 heterocycles. The first-order valence-corrected chi connectivity index (χ1v) is 7.23. The summed E-state index contributed by atoms with van der Waals surface area (Å²) in [4.78, 5) is 0. The van der Waals surface area contributed by atoms with Crippen molar-refractivity contribution in [3.8, 4) is 5.75 Å². The summed E-state index contributed by atoms with van der Waals surface area (Å²) in [5.41, 5.74) is 5.11. The summed E-state index contributed by atoms with van der Waals surface area (Å²) < 4.78 is 5.42. The van der Waals surface area contributed by atoms with Crippen LogP contribution in [0.2, 0.25) is 0 Å². The average Bonchev–Trinajstić information content (AvgIpc) is 2.44. The Bertz CT molecular complexity index is 437. The highest BCUT2D eigenvalue weighted by molar-refractivity contribution is 5.63. The fourth-order valence-electron chi connectivity index (χ4n) is 2.86. The fourth-order valence-corrected chi connectivity index (χ4v) is 2.86. The van der Waals surface area contributed by atoms with E-state index in [1.807, 2.05) is 0 Å². The summed E-state index contributed by atoms with van der Waals surface area (Å²) in [5.74, 6) is 1.78. The van der Waals surface area contributed by atoms with Gasteiger partial charge in [0.2, 0.25) is 0 Å². The maximum atomic E-state index is 5.42. The van der Waals surface area contributed by atoms with Gasteiger partial charge in [0.05, 0.1) is 7.11 Å². The van der Waals surface area contributed by atoms with Crippen LogP contribution in [0.4, 0.5) is 5.69 Å². The van der Waals surface area contributed by atoms with Crippen LogP contribution in [-0.2, 0) is 0 Å². The summed E-state index contributed by atoms with van der Waals surface area (Å²) in [7, 11) is 1.74. The molecule has 1 aliphatic heterocycles. The summed E-state index contributed by atoms with van der Waals surface area (Å²) in [6.07, 6.45) is 2.56. The van der Waals surface area contributed by atoms with E-state index in [2.05, 4.69) is 37.5 Å². The number of aryl methyl sites for hydroxylation is 1. The fraction of sp³-hybridized carbons (Fsp3) is 0.625. The topological polar surface area (TPSA) is 33.3 Å². The molecule has 0 bridgehead atoms. The van der Waals surface area contributed by atoms with Gasteiger partial charge in [-0.3, -0.25) is 0 Å². The van der Waals surface area contributed by atoms with E-state index in [0.717, 1.165) is 31.3 Å². The van der Waals surface area contributed by atoms with E-state index in [1.54, 1.807) is 7.11 Å². The van der Waals surface area contributed by atoms with Crippen LogP contribution in [-0.4, -0.2) is 26.7 Å². The number of methoxy groups -OCH3 is 1. The van der Waals surface area contributed by atoms with Crippen LogP contribution < -0.4 is 15.4 Å². The number of ether oxygens (including phenoxy) is 1. The number of hydrogen-bond acceptors (Lipinski definition) is 3. The lowest BCUT2D eigenvalue weighted by Crippen LogP contribution is -2.31. The van der Waals surface area contributed by atoms with E-state index >= 15 is 0 Å². The Hall–Kier alpha value is -1.22. The molecule has 1 saturated heterocycles. The maximum absolute atomic E-state index is 5.42. The number of piperidine rings is 1. The van der Waals surface area contributed by atoms with Gasteiger partial charge in [-0.1, -0.05) is 0 Å². The number of anilines is 1. The quantitative estimate of drug-likeness (QED) is 0.875. The minimum atomic E-state index is 0.794. The molecule has 0 aromatic heterocycles. The Morgan fingerprint density at radius 2 is 1.89 bits per heavy atom. The van der Waals surface area contributed by atoms with Gasteiger partial charge in [-0.05, 0) is 75.4 Å². The summed E-state index contributed by atoms with van der Waals surface area (Å²) in [5, 5.41) is 7.08. The molecule has 1 aromatic carbocycles. The van der Waals surface area contributed by atoms with Gasteiger partial charge in [-0.15, -0.1) is 0 Å². The molecule has 1 aliphatic rings. The molecule has 2 rings (SSSR count). The molecule has 1 aromatic rings. The van der Waals surface area contributed by atoms with Crippen molar-refractivity contribution in [2.24, 2.45) is 5.92 Å². The van der Waals surface area contributed by atoms with Gasteiger partial charge < -0.3 is 15.4 Å². The second kappa shape index (κ2) is 6.29. The third kappa shape index (κ3) is 3.21. The highest BCUT2D eigenvalue weighted by Crippen LogP contribution is 2.31. The van der Waals surface area contributed by atoms with Crippen molar-refractivity contribution in [2.75, 3.05) is 32.1 Å². The standard InChI is InChI=1S/C16H26N2O/c1-11-9-15(19-4)12(2)13(3)16(11)18-10-14-5-7-17-8-6-14/h9,14,17-18H,5-8,10H2,1-4H3. The number of benzene rings is 1. The van der Waals surface area contributed by atoms with Gasteiger partial charge in [-0.25, -0.2) is 0 Å². The van der Waals surface area contributed by atoms with Gasteiger partial charge in [0.1, 0.15) is 5.75 Å². The van der Waals surface area contributed by atoms with E-state index in [9.17, 15) is 0 Å². The second-order valence-corrected chi connectivity index (χ2v) is 5.60. The van der Waals surface area contributed by atoms with Crippen LogP contribution in [0, 0.1) is 26.7 Å². The molecule has 0 amide bonds. The highest BCUT2D eigenvalue weighted by Gasteiger charge is 2.15. The van der Waals surface area contributed by atoms with Crippen LogP contribution in [0.5, 0.6) is 5.75 Å². The van der Waals surface area contributed by atoms with Crippen molar-refractivity contribution in [2.45, 2.75) is 33.6 Å². The molecule has 2 N–H and O–H groups in total. The lowest BCUT2D eigenvalue weighted by Gasteiger charge is -2.25. The molecule has 106 valence electrons. The first-order chi connectivity index (χ1) is 9.13. The monoisotopic (exact) mass is 262 g/mol. The molecular weight excluding hydrogens is 236 g/mol. The molecule has 0 spiro atoms. The van der Waals surface area contributed by atoms with Gasteiger partial charge in [0.25, 0.3) is 0 Å². The molecule has 0 aliphatic carbocycles. The summed E-state index contributed by atoms with van der Waals surface area (Å²) in [6.45, 7) is 9.85. The Morgan fingerprint density at radius 1 is 1.21 bits per heavy atom. The predicted molar refractivity (Wildman–Crippen MR) is 81.3 cm³/mol. The normalized spacial score (nSPS) is 16.4. The van der Waals surface area contributed by atoms with Crippen molar-refractivity contribution in [1.29, 1.82) is 0 Å². The number of rotatable bonds is 4. The van der Waals surface area contributed by atoms with E-state index in [-0.39, 0.29) is 0 Å². The molecule has 3 nitrogen and oxygen atoms in total. The lowest BCUT2D eigenvalue weighted by atomic mass is 9.97. The van der Waals surface area contributed by atoms with Crippen LogP contribution in [0.15, 0.2) is 6.07 Å². The average molecular weight is 262 g/mol. The molecule has 0 atom stereocenters. The van der Waals surface area contributed by atoms with Gasteiger partial charge in [0.15, 0.2) is 0 Å². The van der Waals surface area contributed by atoms with Crippen LogP contribution >= 0.6 is 0 Å².